The van der Waals surface area contributed by atoms with Crippen LogP contribution < -0.4 is 5.73 Å². The van der Waals surface area contributed by atoms with Crippen LogP contribution >= 0.6 is 11.3 Å². The lowest BCUT2D eigenvalue weighted by molar-refractivity contribution is -0.0960. The van der Waals surface area contributed by atoms with Crippen molar-refractivity contribution in [1.82, 2.24) is 0 Å². The molecular weight excluding hydrogens is 242 g/mol. The molecular formula is C15H23NOS. The Morgan fingerprint density at radius 2 is 2.28 bits per heavy atom. The molecule has 2 fully saturated rings. The summed E-state index contributed by atoms with van der Waals surface area (Å²) >= 11 is 1.77. The van der Waals surface area contributed by atoms with Crippen LogP contribution in [0.5, 0.6) is 0 Å². The second kappa shape index (κ2) is 5.32. The lowest BCUT2D eigenvalue weighted by Gasteiger charge is -2.40. The van der Waals surface area contributed by atoms with Crippen molar-refractivity contribution in [2.75, 3.05) is 6.61 Å². The van der Waals surface area contributed by atoms with Gasteiger partial charge in [-0.2, -0.15) is 11.3 Å². The highest BCUT2D eigenvalue weighted by Gasteiger charge is 2.41. The first-order valence-corrected chi connectivity index (χ1v) is 8.12. The molecule has 1 aliphatic heterocycles. The Morgan fingerprint density at radius 1 is 1.44 bits per heavy atom. The van der Waals surface area contributed by atoms with Crippen molar-refractivity contribution in [3.63, 3.8) is 0 Å². The number of hydrogen-bond acceptors (Lipinski definition) is 3. The minimum atomic E-state index is 0.204. The van der Waals surface area contributed by atoms with E-state index in [0.717, 1.165) is 19.4 Å². The fourth-order valence-corrected chi connectivity index (χ4v) is 4.33. The van der Waals surface area contributed by atoms with E-state index in [1.165, 1.54) is 37.7 Å². The van der Waals surface area contributed by atoms with E-state index in [1.807, 2.05) is 0 Å². The van der Waals surface area contributed by atoms with Crippen molar-refractivity contribution in [3.8, 4) is 0 Å². The molecule has 1 aromatic rings. The largest absolute Gasteiger partial charge is 0.375 e. The van der Waals surface area contributed by atoms with Crippen LogP contribution in [0, 0.1) is 5.92 Å². The van der Waals surface area contributed by atoms with Gasteiger partial charge in [-0.15, -0.1) is 0 Å². The number of nitrogens with two attached hydrogens (primary N) is 1. The predicted molar refractivity (Wildman–Crippen MR) is 75.9 cm³/mol. The Kier molecular flexibility index (Phi) is 3.73. The third kappa shape index (κ3) is 2.63. The lowest BCUT2D eigenvalue weighted by atomic mass is 9.79. The van der Waals surface area contributed by atoms with Crippen LogP contribution in [0.25, 0.3) is 0 Å². The first-order valence-electron chi connectivity index (χ1n) is 7.18. The Bertz CT molecular complexity index is 370. The quantitative estimate of drug-likeness (QED) is 0.909. The van der Waals surface area contributed by atoms with Crippen LogP contribution in [0.1, 0.15) is 44.1 Å². The van der Waals surface area contributed by atoms with Crippen LogP contribution in [0.2, 0.25) is 0 Å². The smallest absolute Gasteiger partial charge is 0.0685 e. The minimum absolute atomic E-state index is 0.204. The van der Waals surface area contributed by atoms with E-state index in [9.17, 15) is 0 Å². The Morgan fingerprint density at radius 3 is 3.00 bits per heavy atom. The maximum Gasteiger partial charge on any atom is 0.0685 e. The molecule has 0 aromatic carbocycles. The molecule has 18 heavy (non-hydrogen) atoms. The van der Waals surface area contributed by atoms with Crippen LogP contribution in [0.3, 0.4) is 0 Å². The first-order chi connectivity index (χ1) is 8.77. The molecule has 0 radical (unpaired) electrons. The molecule has 2 aliphatic rings. The molecule has 2 atom stereocenters. The van der Waals surface area contributed by atoms with Gasteiger partial charge in [0.2, 0.25) is 0 Å². The molecule has 0 bridgehead atoms. The third-order valence-electron chi connectivity index (χ3n) is 4.70. The molecule has 3 heteroatoms. The van der Waals surface area contributed by atoms with Crippen molar-refractivity contribution < 1.29 is 4.74 Å². The van der Waals surface area contributed by atoms with Gasteiger partial charge in [0.25, 0.3) is 0 Å². The van der Waals surface area contributed by atoms with E-state index < -0.39 is 0 Å². The molecule has 1 aromatic heterocycles. The predicted octanol–water partition coefficient (Wildman–Crippen LogP) is 3.36. The van der Waals surface area contributed by atoms with Gasteiger partial charge in [-0.25, -0.2) is 0 Å². The molecule has 1 spiro atoms. The first kappa shape index (κ1) is 12.6. The highest BCUT2D eigenvalue weighted by atomic mass is 32.1. The van der Waals surface area contributed by atoms with Gasteiger partial charge in [0.1, 0.15) is 0 Å². The van der Waals surface area contributed by atoms with E-state index in [1.54, 1.807) is 11.3 Å². The number of hydrogen-bond donors (Lipinski definition) is 1. The summed E-state index contributed by atoms with van der Waals surface area (Å²) in [5.74, 6) is 0.650. The molecule has 0 amide bonds. The van der Waals surface area contributed by atoms with Gasteiger partial charge in [0.05, 0.1) is 5.60 Å². The summed E-state index contributed by atoms with van der Waals surface area (Å²) in [7, 11) is 0. The zero-order valence-electron chi connectivity index (χ0n) is 10.9. The molecule has 2 nitrogen and oxygen atoms in total. The maximum absolute atomic E-state index is 6.44. The zero-order chi connectivity index (χ0) is 12.4. The van der Waals surface area contributed by atoms with Crippen LogP contribution in [-0.2, 0) is 11.2 Å². The Labute approximate surface area is 114 Å². The van der Waals surface area contributed by atoms with Gasteiger partial charge < -0.3 is 10.5 Å². The number of thiophene rings is 1. The normalized spacial score (nSPS) is 28.6. The standard InChI is InChI=1S/C15H23NOS/c16-14(9-12-4-8-18-11-12)13-3-7-17-15(10-13)5-1-2-6-15/h4,8,11,13-14H,1-3,5-7,9-10,16H2. The summed E-state index contributed by atoms with van der Waals surface area (Å²) in [5, 5.41) is 4.37. The van der Waals surface area contributed by atoms with Crippen molar-refractivity contribution >= 4 is 11.3 Å². The van der Waals surface area contributed by atoms with Gasteiger partial charge in [-0.1, -0.05) is 12.8 Å². The summed E-state index contributed by atoms with van der Waals surface area (Å²) in [6.45, 7) is 0.919. The number of rotatable bonds is 3. The van der Waals surface area contributed by atoms with Crippen molar-refractivity contribution in [2.45, 2.75) is 56.6 Å². The van der Waals surface area contributed by atoms with Gasteiger partial charge in [-0.3, -0.25) is 0 Å². The summed E-state index contributed by atoms with van der Waals surface area (Å²) in [4.78, 5) is 0. The Balaban J connectivity index is 1.61. The number of ether oxygens (including phenoxy) is 1. The monoisotopic (exact) mass is 265 g/mol. The summed E-state index contributed by atoms with van der Waals surface area (Å²) < 4.78 is 6.09. The van der Waals surface area contributed by atoms with Crippen molar-refractivity contribution in [1.29, 1.82) is 0 Å². The fraction of sp³-hybridized carbons (Fsp3) is 0.733. The molecule has 1 saturated heterocycles. The topological polar surface area (TPSA) is 35.2 Å². The summed E-state index contributed by atoms with van der Waals surface area (Å²) in [6, 6.07) is 2.51. The second-order valence-corrected chi connectivity index (χ2v) is 6.77. The fourth-order valence-electron chi connectivity index (χ4n) is 3.65. The molecule has 2 unspecified atom stereocenters. The minimum Gasteiger partial charge on any atom is -0.375 e. The van der Waals surface area contributed by atoms with Crippen molar-refractivity contribution in [2.24, 2.45) is 11.7 Å². The van der Waals surface area contributed by atoms with Crippen LogP contribution in [-0.4, -0.2) is 18.2 Å². The van der Waals surface area contributed by atoms with Gasteiger partial charge in [0.15, 0.2) is 0 Å². The Hall–Kier alpha value is -0.380. The third-order valence-corrected chi connectivity index (χ3v) is 5.43. The van der Waals surface area contributed by atoms with E-state index in [0.29, 0.717) is 12.0 Å². The average molecular weight is 265 g/mol. The van der Waals surface area contributed by atoms with Crippen LogP contribution in [0.15, 0.2) is 16.8 Å². The summed E-state index contributed by atoms with van der Waals surface area (Å²) in [5.41, 5.74) is 8.05. The lowest BCUT2D eigenvalue weighted by Crippen LogP contribution is -2.44. The maximum atomic E-state index is 6.44. The van der Waals surface area contributed by atoms with Crippen LogP contribution in [0.4, 0.5) is 0 Å². The zero-order valence-corrected chi connectivity index (χ0v) is 11.8. The average Bonchev–Trinajstić information content (AvgIpc) is 3.02. The van der Waals surface area contributed by atoms with Gasteiger partial charge in [-0.05, 0) is 60.4 Å². The molecule has 2 heterocycles. The van der Waals surface area contributed by atoms with E-state index >= 15 is 0 Å². The molecule has 1 aliphatic carbocycles. The molecule has 100 valence electrons. The van der Waals surface area contributed by atoms with E-state index in [4.69, 9.17) is 10.5 Å². The van der Waals surface area contributed by atoms with Gasteiger partial charge in [0, 0.05) is 12.6 Å². The van der Waals surface area contributed by atoms with E-state index in [-0.39, 0.29) is 5.60 Å². The highest BCUT2D eigenvalue weighted by molar-refractivity contribution is 7.07. The van der Waals surface area contributed by atoms with E-state index in [2.05, 4.69) is 16.8 Å². The van der Waals surface area contributed by atoms with Crippen molar-refractivity contribution in [3.05, 3.63) is 22.4 Å². The second-order valence-electron chi connectivity index (χ2n) is 5.99. The summed E-state index contributed by atoms with van der Waals surface area (Å²) in [6.07, 6.45) is 8.57. The SMILES string of the molecule is NC(Cc1ccsc1)C1CCOC2(CCCC2)C1. The van der Waals surface area contributed by atoms with Gasteiger partial charge >= 0.3 is 0 Å². The molecule has 2 N–H and O–H groups in total. The molecule has 3 rings (SSSR count). The highest BCUT2D eigenvalue weighted by Crippen LogP contribution is 2.42. The molecule has 1 saturated carbocycles.